The highest BCUT2D eigenvalue weighted by molar-refractivity contribution is 5.69. The van der Waals surface area contributed by atoms with Crippen molar-refractivity contribution in [1.29, 1.82) is 0 Å². The van der Waals surface area contributed by atoms with Crippen LogP contribution in [0.5, 0.6) is 0 Å². The Morgan fingerprint density at radius 1 is 1.53 bits per heavy atom. The molecule has 2 saturated heterocycles. The summed E-state index contributed by atoms with van der Waals surface area (Å²) in [7, 11) is 0. The Bertz CT molecular complexity index is 299. The van der Waals surface area contributed by atoms with Gasteiger partial charge in [-0.15, -0.1) is 0 Å². The van der Waals surface area contributed by atoms with Crippen LogP contribution in [0.15, 0.2) is 0 Å². The number of hydrogen-bond acceptors (Lipinski definition) is 4. The molecule has 2 aliphatic heterocycles. The third kappa shape index (κ3) is 2.72. The maximum atomic E-state index is 12.0. The van der Waals surface area contributed by atoms with Crippen LogP contribution in [0.25, 0.3) is 0 Å². The Balaban J connectivity index is 2.03. The van der Waals surface area contributed by atoms with Gasteiger partial charge in [-0.05, 0) is 33.6 Å². The van der Waals surface area contributed by atoms with Crippen LogP contribution in [-0.4, -0.2) is 53.1 Å². The van der Waals surface area contributed by atoms with Gasteiger partial charge in [0.2, 0.25) is 0 Å². The van der Waals surface area contributed by atoms with Gasteiger partial charge in [-0.3, -0.25) is 0 Å². The van der Waals surface area contributed by atoms with Gasteiger partial charge in [0.05, 0.1) is 18.8 Å². The van der Waals surface area contributed by atoms with E-state index in [1.54, 1.807) is 4.90 Å². The predicted molar refractivity (Wildman–Crippen MR) is 61.7 cm³/mol. The summed E-state index contributed by atoms with van der Waals surface area (Å²) < 4.78 is 11.0. The van der Waals surface area contributed by atoms with Crippen LogP contribution in [0.1, 0.15) is 33.6 Å². The molecule has 0 radical (unpaired) electrons. The molecule has 17 heavy (non-hydrogen) atoms. The third-order valence-electron chi connectivity index (χ3n) is 3.20. The molecule has 2 fully saturated rings. The molecule has 5 nitrogen and oxygen atoms in total. The van der Waals surface area contributed by atoms with Crippen LogP contribution >= 0.6 is 0 Å². The Kier molecular flexibility index (Phi) is 3.32. The summed E-state index contributed by atoms with van der Waals surface area (Å²) in [5.41, 5.74) is -0.484. The van der Waals surface area contributed by atoms with Crippen LogP contribution in [0, 0.1) is 0 Å². The summed E-state index contributed by atoms with van der Waals surface area (Å²) >= 11 is 0. The summed E-state index contributed by atoms with van der Waals surface area (Å²) in [6, 6.07) is -0.0337. The van der Waals surface area contributed by atoms with Crippen molar-refractivity contribution in [3.05, 3.63) is 0 Å². The second-order valence-electron chi connectivity index (χ2n) is 5.74. The van der Waals surface area contributed by atoms with E-state index in [2.05, 4.69) is 0 Å². The van der Waals surface area contributed by atoms with Crippen molar-refractivity contribution >= 4 is 6.09 Å². The number of nitrogens with zero attached hydrogens (tertiary/aromatic N) is 1. The summed E-state index contributed by atoms with van der Waals surface area (Å²) in [6.45, 7) is 6.17. The van der Waals surface area contributed by atoms with Crippen molar-refractivity contribution in [3.63, 3.8) is 0 Å². The van der Waals surface area contributed by atoms with Gasteiger partial charge in [0.1, 0.15) is 11.7 Å². The number of amides is 1. The van der Waals surface area contributed by atoms with Gasteiger partial charge in [0.25, 0.3) is 0 Å². The second kappa shape index (κ2) is 4.46. The van der Waals surface area contributed by atoms with E-state index in [1.807, 2.05) is 20.8 Å². The van der Waals surface area contributed by atoms with Crippen LogP contribution in [0.2, 0.25) is 0 Å². The van der Waals surface area contributed by atoms with Crippen LogP contribution < -0.4 is 0 Å². The molecule has 2 aliphatic rings. The number of piperidine rings is 1. The minimum atomic E-state index is -0.484. The van der Waals surface area contributed by atoms with E-state index in [0.29, 0.717) is 6.54 Å². The molecule has 2 bridgehead atoms. The number of ether oxygens (including phenoxy) is 2. The molecule has 0 spiro atoms. The lowest BCUT2D eigenvalue weighted by atomic mass is 10.0. The number of carbonyl (C=O) groups is 1. The van der Waals surface area contributed by atoms with E-state index in [1.165, 1.54) is 0 Å². The maximum Gasteiger partial charge on any atom is 0.410 e. The Morgan fingerprint density at radius 2 is 2.24 bits per heavy atom. The molecule has 0 aromatic rings. The quantitative estimate of drug-likeness (QED) is 0.750. The van der Waals surface area contributed by atoms with E-state index in [0.717, 1.165) is 12.8 Å². The molecule has 2 unspecified atom stereocenters. The smallest absolute Gasteiger partial charge is 0.410 e. The minimum Gasteiger partial charge on any atom is -0.444 e. The molecule has 1 N–H and O–H groups in total. The number of hydrogen-bond donors (Lipinski definition) is 1. The van der Waals surface area contributed by atoms with E-state index in [9.17, 15) is 9.90 Å². The molecular weight excluding hydrogens is 222 g/mol. The van der Waals surface area contributed by atoms with Crippen molar-refractivity contribution in [1.82, 2.24) is 4.90 Å². The number of aliphatic hydroxyl groups excluding tert-OH is 1. The molecule has 0 saturated carbocycles. The van der Waals surface area contributed by atoms with Crippen LogP contribution in [-0.2, 0) is 9.47 Å². The van der Waals surface area contributed by atoms with Gasteiger partial charge in [0, 0.05) is 6.54 Å². The summed E-state index contributed by atoms with van der Waals surface area (Å²) in [5.74, 6) is 0. The molecule has 2 rings (SSSR count). The SMILES string of the molecule is CC(C)(C)OC(=O)N1CCC2CC1[C@@H](CO)O2. The first-order valence-electron chi connectivity index (χ1n) is 6.16. The first-order valence-corrected chi connectivity index (χ1v) is 6.16. The number of carbonyl (C=O) groups excluding carboxylic acids is 1. The Hall–Kier alpha value is -0.810. The molecule has 0 aromatic heterocycles. The fraction of sp³-hybridized carbons (Fsp3) is 0.917. The fourth-order valence-electron chi connectivity index (χ4n) is 2.49. The van der Waals surface area contributed by atoms with E-state index in [4.69, 9.17) is 9.47 Å². The third-order valence-corrected chi connectivity index (χ3v) is 3.20. The first-order chi connectivity index (χ1) is 7.90. The largest absolute Gasteiger partial charge is 0.444 e. The standard InChI is InChI=1S/C12H21NO4/c1-12(2,3)17-11(15)13-5-4-8-6-9(13)10(7-14)16-8/h8-10,14H,4-7H2,1-3H3/t8?,9?,10-/m1/s1. The Labute approximate surface area is 102 Å². The predicted octanol–water partition coefficient (Wildman–Crippen LogP) is 1.15. The normalized spacial score (nSPS) is 32.7. The maximum absolute atomic E-state index is 12.0. The number of aliphatic hydroxyl groups is 1. The minimum absolute atomic E-state index is 0.0337. The summed E-state index contributed by atoms with van der Waals surface area (Å²) in [6.07, 6.45) is 1.27. The number of fused-ring (bicyclic) bond motifs is 2. The van der Waals surface area contributed by atoms with Crippen LogP contribution in [0.3, 0.4) is 0 Å². The molecule has 0 aliphatic carbocycles. The van der Waals surface area contributed by atoms with Gasteiger partial charge >= 0.3 is 6.09 Å². The lowest BCUT2D eigenvalue weighted by molar-refractivity contribution is -0.00305. The van der Waals surface area contributed by atoms with Gasteiger partial charge in [-0.1, -0.05) is 0 Å². The molecule has 5 heteroatoms. The average molecular weight is 243 g/mol. The molecule has 3 atom stereocenters. The molecule has 98 valence electrons. The highest BCUT2D eigenvalue weighted by atomic mass is 16.6. The molecule has 1 amide bonds. The molecule has 0 aromatic carbocycles. The van der Waals surface area contributed by atoms with Crippen molar-refractivity contribution < 1.29 is 19.4 Å². The highest BCUT2D eigenvalue weighted by Crippen LogP contribution is 2.32. The topological polar surface area (TPSA) is 59.0 Å². The monoisotopic (exact) mass is 243 g/mol. The molecular formula is C12H21NO4. The van der Waals surface area contributed by atoms with Gasteiger partial charge in [-0.25, -0.2) is 4.79 Å². The van der Waals surface area contributed by atoms with Gasteiger partial charge in [0.15, 0.2) is 0 Å². The van der Waals surface area contributed by atoms with Crippen LogP contribution in [0.4, 0.5) is 4.79 Å². The van der Waals surface area contributed by atoms with E-state index >= 15 is 0 Å². The van der Waals surface area contributed by atoms with Crippen molar-refractivity contribution in [2.24, 2.45) is 0 Å². The average Bonchev–Trinajstić information content (AvgIpc) is 2.53. The first kappa shape index (κ1) is 12.6. The van der Waals surface area contributed by atoms with Crippen molar-refractivity contribution in [2.45, 2.75) is 57.5 Å². The van der Waals surface area contributed by atoms with Gasteiger partial charge < -0.3 is 19.5 Å². The summed E-state index contributed by atoms with van der Waals surface area (Å²) in [5, 5.41) is 9.24. The van der Waals surface area contributed by atoms with E-state index < -0.39 is 5.60 Å². The zero-order chi connectivity index (χ0) is 12.6. The zero-order valence-corrected chi connectivity index (χ0v) is 10.7. The highest BCUT2D eigenvalue weighted by Gasteiger charge is 2.45. The summed E-state index contributed by atoms with van der Waals surface area (Å²) in [4.78, 5) is 13.7. The lowest BCUT2D eigenvalue weighted by Gasteiger charge is -2.34. The van der Waals surface area contributed by atoms with Crippen molar-refractivity contribution in [2.75, 3.05) is 13.2 Å². The zero-order valence-electron chi connectivity index (χ0n) is 10.7. The van der Waals surface area contributed by atoms with Gasteiger partial charge in [-0.2, -0.15) is 0 Å². The Morgan fingerprint density at radius 3 is 2.82 bits per heavy atom. The number of rotatable bonds is 1. The fourth-order valence-corrected chi connectivity index (χ4v) is 2.49. The second-order valence-corrected chi connectivity index (χ2v) is 5.74. The van der Waals surface area contributed by atoms with E-state index in [-0.39, 0.29) is 30.9 Å². The van der Waals surface area contributed by atoms with Crippen molar-refractivity contribution in [3.8, 4) is 0 Å². The molecule has 2 heterocycles. The number of likely N-dealkylation sites (tertiary alicyclic amines) is 1. The lowest BCUT2D eigenvalue weighted by Crippen LogP contribution is -2.49.